The molecule has 11 aromatic rings. The maximum absolute atomic E-state index is 6.53. The summed E-state index contributed by atoms with van der Waals surface area (Å²) < 4.78 is 8.91. The van der Waals surface area contributed by atoms with Gasteiger partial charge in [0, 0.05) is 27.2 Å². The summed E-state index contributed by atoms with van der Waals surface area (Å²) in [4.78, 5) is 0. The molecule has 2 heteroatoms. The Balaban J connectivity index is 1.12. The van der Waals surface area contributed by atoms with Gasteiger partial charge in [-0.05, 0) is 97.0 Å². The van der Waals surface area contributed by atoms with Crippen molar-refractivity contribution in [2.24, 2.45) is 0 Å². The second-order valence-electron chi connectivity index (χ2n) is 13.2. The molecule has 0 aliphatic heterocycles. The molecule has 0 radical (unpaired) electrons. The van der Waals surface area contributed by atoms with Crippen molar-refractivity contribution >= 4 is 76.1 Å². The van der Waals surface area contributed by atoms with E-state index >= 15 is 0 Å². The van der Waals surface area contributed by atoms with E-state index in [1.807, 2.05) is 0 Å². The molecular weight excluding hydrogens is 607 g/mol. The second kappa shape index (κ2) is 10.4. The molecule has 0 unspecified atom stereocenters. The number of fused-ring (bicyclic) bond motifs is 10. The minimum atomic E-state index is 0.909. The molecule has 9 aromatic carbocycles. The first-order valence-electron chi connectivity index (χ1n) is 17.2. The van der Waals surface area contributed by atoms with Gasteiger partial charge in [-0.25, -0.2) is 0 Å². The molecule has 0 saturated heterocycles. The van der Waals surface area contributed by atoms with Gasteiger partial charge in [0.25, 0.3) is 0 Å². The highest BCUT2D eigenvalue weighted by atomic mass is 16.3. The highest BCUT2D eigenvalue weighted by Gasteiger charge is 2.19. The summed E-state index contributed by atoms with van der Waals surface area (Å²) in [6.07, 6.45) is 0. The van der Waals surface area contributed by atoms with Crippen LogP contribution in [0.3, 0.4) is 0 Å². The molecule has 2 nitrogen and oxygen atoms in total. The molecule has 0 fully saturated rings. The molecular formula is C48H29NO. The van der Waals surface area contributed by atoms with Crippen LogP contribution in [0.5, 0.6) is 0 Å². The molecule has 11 rings (SSSR count). The number of rotatable bonds is 3. The van der Waals surface area contributed by atoms with Gasteiger partial charge in [-0.15, -0.1) is 0 Å². The molecule has 0 bridgehead atoms. The minimum absolute atomic E-state index is 0.909. The van der Waals surface area contributed by atoms with Gasteiger partial charge in [0.05, 0.1) is 11.0 Å². The standard InChI is InChI=1S/C48H29NO/c1-2-12-34-30(11-1)24-28-44-48(34)41-27-23-32(29-45(41)50-44)47-39-17-5-3-15-37(39)46(38-16-4-6-18-40(38)47)31-21-25-33(26-22-31)49-42-19-9-7-13-35(42)36-14-8-10-20-43(36)49/h1-29H. The van der Waals surface area contributed by atoms with Gasteiger partial charge in [-0.1, -0.05) is 133 Å². The number of aromatic nitrogens is 1. The first-order chi connectivity index (χ1) is 24.8. The van der Waals surface area contributed by atoms with Crippen LogP contribution in [0.1, 0.15) is 0 Å². The van der Waals surface area contributed by atoms with Crippen molar-refractivity contribution in [3.63, 3.8) is 0 Å². The fraction of sp³-hybridized carbons (Fsp3) is 0. The van der Waals surface area contributed by atoms with E-state index in [-0.39, 0.29) is 0 Å². The fourth-order valence-corrected chi connectivity index (χ4v) is 8.43. The molecule has 0 N–H and O–H groups in total. The molecule has 2 heterocycles. The zero-order valence-electron chi connectivity index (χ0n) is 27.1. The van der Waals surface area contributed by atoms with E-state index in [1.165, 1.54) is 76.2 Å². The number of hydrogen-bond donors (Lipinski definition) is 0. The highest BCUT2D eigenvalue weighted by Crippen LogP contribution is 2.45. The maximum atomic E-state index is 6.53. The van der Waals surface area contributed by atoms with Crippen LogP contribution in [-0.2, 0) is 0 Å². The van der Waals surface area contributed by atoms with E-state index in [0.29, 0.717) is 0 Å². The number of para-hydroxylation sites is 2. The SMILES string of the molecule is c1ccc2c(c1)ccc1oc3cc(-c4c5ccccc5c(-c5ccc(-n6c7ccccc7c7ccccc76)cc5)c5ccccc45)ccc3c12. The number of hydrogen-bond acceptors (Lipinski definition) is 1. The Morgan fingerprint density at radius 1 is 0.340 bits per heavy atom. The van der Waals surface area contributed by atoms with E-state index in [1.54, 1.807) is 0 Å². The van der Waals surface area contributed by atoms with Gasteiger partial charge in [-0.2, -0.15) is 0 Å². The van der Waals surface area contributed by atoms with Crippen LogP contribution in [-0.4, -0.2) is 4.57 Å². The Bertz CT molecular complexity index is 3030. The highest BCUT2D eigenvalue weighted by molar-refractivity contribution is 6.23. The van der Waals surface area contributed by atoms with Crippen LogP contribution in [0.15, 0.2) is 180 Å². The van der Waals surface area contributed by atoms with E-state index in [2.05, 4.69) is 180 Å². The van der Waals surface area contributed by atoms with Crippen LogP contribution < -0.4 is 0 Å². The maximum Gasteiger partial charge on any atom is 0.136 e. The van der Waals surface area contributed by atoms with Crippen molar-refractivity contribution in [2.75, 3.05) is 0 Å². The summed E-state index contributed by atoms with van der Waals surface area (Å²) >= 11 is 0. The van der Waals surface area contributed by atoms with Crippen molar-refractivity contribution in [3.05, 3.63) is 176 Å². The van der Waals surface area contributed by atoms with E-state index < -0.39 is 0 Å². The summed E-state index contributed by atoms with van der Waals surface area (Å²) in [6, 6.07) is 63.7. The summed E-state index contributed by atoms with van der Waals surface area (Å²) in [5, 5.41) is 12.3. The average Bonchev–Trinajstić information content (AvgIpc) is 3.73. The molecule has 2 aromatic heterocycles. The molecule has 0 amide bonds. The van der Waals surface area contributed by atoms with Gasteiger partial charge >= 0.3 is 0 Å². The molecule has 0 atom stereocenters. The molecule has 0 spiro atoms. The number of nitrogens with zero attached hydrogens (tertiary/aromatic N) is 1. The van der Waals surface area contributed by atoms with Gasteiger partial charge in [-0.3, -0.25) is 0 Å². The lowest BCUT2D eigenvalue weighted by Crippen LogP contribution is -1.94. The normalized spacial score (nSPS) is 12.0. The van der Waals surface area contributed by atoms with Crippen molar-refractivity contribution in [3.8, 4) is 27.9 Å². The van der Waals surface area contributed by atoms with Crippen molar-refractivity contribution in [2.45, 2.75) is 0 Å². The van der Waals surface area contributed by atoms with E-state index in [4.69, 9.17) is 4.42 Å². The molecule has 0 saturated carbocycles. The number of furan rings is 1. The smallest absolute Gasteiger partial charge is 0.136 e. The van der Waals surface area contributed by atoms with E-state index in [9.17, 15) is 0 Å². The number of benzene rings is 9. The van der Waals surface area contributed by atoms with Gasteiger partial charge in [0.2, 0.25) is 0 Å². The second-order valence-corrected chi connectivity index (χ2v) is 13.2. The summed E-state index contributed by atoms with van der Waals surface area (Å²) in [5.74, 6) is 0. The molecule has 50 heavy (non-hydrogen) atoms. The van der Waals surface area contributed by atoms with Crippen LogP contribution in [0, 0.1) is 0 Å². The lowest BCUT2D eigenvalue weighted by Gasteiger charge is -2.18. The van der Waals surface area contributed by atoms with Gasteiger partial charge in [0.15, 0.2) is 0 Å². The molecule has 232 valence electrons. The van der Waals surface area contributed by atoms with Crippen molar-refractivity contribution < 1.29 is 4.42 Å². The monoisotopic (exact) mass is 635 g/mol. The fourth-order valence-electron chi connectivity index (χ4n) is 8.43. The molecule has 0 aliphatic rings. The average molecular weight is 636 g/mol. The third-order valence-electron chi connectivity index (χ3n) is 10.6. The molecule has 0 aliphatic carbocycles. The predicted octanol–water partition coefficient (Wildman–Crippen LogP) is 13.5. The first kappa shape index (κ1) is 27.3. The predicted molar refractivity (Wildman–Crippen MR) is 211 cm³/mol. The van der Waals surface area contributed by atoms with E-state index in [0.717, 1.165) is 27.8 Å². The van der Waals surface area contributed by atoms with Crippen LogP contribution in [0.25, 0.3) is 104 Å². The zero-order valence-corrected chi connectivity index (χ0v) is 27.1. The Labute approximate surface area is 288 Å². The lowest BCUT2D eigenvalue weighted by atomic mass is 9.86. The van der Waals surface area contributed by atoms with Crippen molar-refractivity contribution in [1.29, 1.82) is 0 Å². The summed E-state index contributed by atoms with van der Waals surface area (Å²) in [5.41, 5.74) is 10.3. The Kier molecular flexibility index (Phi) is 5.70. The van der Waals surface area contributed by atoms with Crippen molar-refractivity contribution in [1.82, 2.24) is 4.57 Å². The largest absolute Gasteiger partial charge is 0.456 e. The Hall–Kier alpha value is -6.64. The third-order valence-corrected chi connectivity index (χ3v) is 10.6. The van der Waals surface area contributed by atoms with Gasteiger partial charge < -0.3 is 8.98 Å². The Morgan fingerprint density at radius 3 is 1.46 bits per heavy atom. The summed E-state index contributed by atoms with van der Waals surface area (Å²) in [7, 11) is 0. The van der Waals surface area contributed by atoms with Gasteiger partial charge in [0.1, 0.15) is 11.2 Å². The zero-order chi connectivity index (χ0) is 32.8. The third kappa shape index (κ3) is 3.85. The lowest BCUT2D eigenvalue weighted by molar-refractivity contribution is 0.669. The summed E-state index contributed by atoms with van der Waals surface area (Å²) in [6.45, 7) is 0. The van der Waals surface area contributed by atoms with Crippen LogP contribution >= 0.6 is 0 Å². The minimum Gasteiger partial charge on any atom is -0.456 e. The quantitative estimate of drug-likeness (QED) is 0.177. The van der Waals surface area contributed by atoms with Crippen LogP contribution in [0.2, 0.25) is 0 Å². The Morgan fingerprint density at radius 2 is 0.840 bits per heavy atom. The topological polar surface area (TPSA) is 18.1 Å². The van der Waals surface area contributed by atoms with Crippen LogP contribution in [0.4, 0.5) is 0 Å². The first-order valence-corrected chi connectivity index (χ1v) is 17.2.